The van der Waals surface area contributed by atoms with E-state index in [0.29, 0.717) is 0 Å². The van der Waals surface area contributed by atoms with Crippen LogP contribution in [0.5, 0.6) is 0 Å². The molecule has 5 nitrogen and oxygen atoms in total. The van der Waals surface area contributed by atoms with Crippen LogP contribution in [-0.4, -0.2) is 32.8 Å². The molecule has 108 valence electrons. The standard InChI is InChI=1S/C15H23N5/c1-4-8-16-9-5-6-14-12(2)19-20(13(14)3)15-7-10-17-11-18-15/h7,10-11,16H,4-6,8-9H2,1-3H3. The van der Waals surface area contributed by atoms with Crippen LogP contribution in [0.15, 0.2) is 18.6 Å². The average Bonchev–Trinajstić information content (AvgIpc) is 2.75. The van der Waals surface area contributed by atoms with Gasteiger partial charge in [-0.2, -0.15) is 5.10 Å². The van der Waals surface area contributed by atoms with Gasteiger partial charge in [-0.25, -0.2) is 14.6 Å². The highest BCUT2D eigenvalue weighted by atomic mass is 15.3. The first kappa shape index (κ1) is 14.7. The lowest BCUT2D eigenvalue weighted by Gasteiger charge is -2.05. The van der Waals surface area contributed by atoms with Gasteiger partial charge in [0.2, 0.25) is 0 Å². The highest BCUT2D eigenvalue weighted by molar-refractivity contribution is 5.31. The molecule has 0 spiro atoms. The lowest BCUT2D eigenvalue weighted by Crippen LogP contribution is -2.16. The molecule has 0 fully saturated rings. The van der Waals surface area contributed by atoms with Crippen molar-refractivity contribution in [2.24, 2.45) is 0 Å². The van der Waals surface area contributed by atoms with Gasteiger partial charge in [0.15, 0.2) is 5.82 Å². The fourth-order valence-electron chi connectivity index (χ4n) is 2.36. The molecular formula is C15H23N5. The van der Waals surface area contributed by atoms with Crippen LogP contribution in [-0.2, 0) is 6.42 Å². The molecule has 0 aliphatic heterocycles. The molecule has 2 rings (SSSR count). The quantitative estimate of drug-likeness (QED) is 0.786. The normalized spacial score (nSPS) is 10.9. The van der Waals surface area contributed by atoms with Gasteiger partial charge in [0.25, 0.3) is 0 Å². The number of nitrogens with one attached hydrogen (secondary N) is 1. The van der Waals surface area contributed by atoms with E-state index in [9.17, 15) is 0 Å². The minimum atomic E-state index is 0.830. The van der Waals surface area contributed by atoms with Crippen molar-refractivity contribution in [3.05, 3.63) is 35.5 Å². The van der Waals surface area contributed by atoms with E-state index in [1.807, 2.05) is 10.7 Å². The Morgan fingerprint density at radius 1 is 1.25 bits per heavy atom. The third-order valence-electron chi connectivity index (χ3n) is 3.43. The SMILES string of the molecule is CCCNCCCc1c(C)nn(-c2ccncn2)c1C. The van der Waals surface area contributed by atoms with Gasteiger partial charge in [-0.3, -0.25) is 0 Å². The van der Waals surface area contributed by atoms with Crippen molar-refractivity contribution in [3.8, 4) is 5.82 Å². The molecule has 0 saturated carbocycles. The van der Waals surface area contributed by atoms with Gasteiger partial charge in [-0.05, 0) is 51.8 Å². The third-order valence-corrected chi connectivity index (χ3v) is 3.43. The zero-order valence-corrected chi connectivity index (χ0v) is 12.6. The Bertz CT molecular complexity index is 533. The molecule has 0 aliphatic carbocycles. The second kappa shape index (κ2) is 7.14. The minimum Gasteiger partial charge on any atom is -0.317 e. The maximum absolute atomic E-state index is 4.60. The molecular weight excluding hydrogens is 250 g/mol. The zero-order valence-electron chi connectivity index (χ0n) is 12.6. The van der Waals surface area contributed by atoms with Crippen LogP contribution in [0.25, 0.3) is 5.82 Å². The summed E-state index contributed by atoms with van der Waals surface area (Å²) in [6, 6.07) is 1.88. The van der Waals surface area contributed by atoms with Crippen molar-refractivity contribution < 1.29 is 0 Å². The largest absolute Gasteiger partial charge is 0.317 e. The van der Waals surface area contributed by atoms with Crippen molar-refractivity contribution in [2.45, 2.75) is 40.0 Å². The second-order valence-electron chi connectivity index (χ2n) is 4.98. The van der Waals surface area contributed by atoms with Gasteiger partial charge in [0, 0.05) is 18.0 Å². The molecule has 0 saturated heterocycles. The molecule has 1 N–H and O–H groups in total. The number of aryl methyl sites for hydroxylation is 1. The van der Waals surface area contributed by atoms with E-state index < -0.39 is 0 Å². The summed E-state index contributed by atoms with van der Waals surface area (Å²) in [5.74, 6) is 0.830. The first-order chi connectivity index (χ1) is 9.74. The van der Waals surface area contributed by atoms with Gasteiger partial charge >= 0.3 is 0 Å². The maximum atomic E-state index is 4.60. The second-order valence-corrected chi connectivity index (χ2v) is 4.98. The Morgan fingerprint density at radius 2 is 2.10 bits per heavy atom. The first-order valence-corrected chi connectivity index (χ1v) is 7.26. The fraction of sp³-hybridized carbons (Fsp3) is 0.533. The molecule has 0 aliphatic rings. The summed E-state index contributed by atoms with van der Waals surface area (Å²) < 4.78 is 1.91. The lowest BCUT2D eigenvalue weighted by molar-refractivity contribution is 0.638. The Hall–Kier alpha value is -1.75. The van der Waals surface area contributed by atoms with Gasteiger partial charge in [-0.15, -0.1) is 0 Å². The fourth-order valence-corrected chi connectivity index (χ4v) is 2.36. The molecule has 0 atom stereocenters. The molecule has 2 heterocycles. The molecule has 0 unspecified atom stereocenters. The van der Waals surface area contributed by atoms with E-state index in [1.165, 1.54) is 17.7 Å². The number of aromatic nitrogens is 4. The van der Waals surface area contributed by atoms with Crippen molar-refractivity contribution in [1.29, 1.82) is 0 Å². The molecule has 0 amide bonds. The highest BCUT2D eigenvalue weighted by Gasteiger charge is 2.12. The van der Waals surface area contributed by atoms with Crippen LogP contribution < -0.4 is 5.32 Å². The van der Waals surface area contributed by atoms with Gasteiger partial charge < -0.3 is 5.32 Å². The van der Waals surface area contributed by atoms with Crippen LogP contribution in [0.2, 0.25) is 0 Å². The maximum Gasteiger partial charge on any atom is 0.156 e. The third kappa shape index (κ3) is 3.42. The van der Waals surface area contributed by atoms with E-state index in [0.717, 1.165) is 37.4 Å². The summed E-state index contributed by atoms with van der Waals surface area (Å²) in [7, 11) is 0. The lowest BCUT2D eigenvalue weighted by atomic mass is 10.1. The molecule has 2 aromatic rings. The number of rotatable bonds is 7. The summed E-state index contributed by atoms with van der Waals surface area (Å²) in [6.07, 6.45) is 6.67. The highest BCUT2D eigenvalue weighted by Crippen LogP contribution is 2.17. The first-order valence-electron chi connectivity index (χ1n) is 7.26. The van der Waals surface area contributed by atoms with Crippen LogP contribution in [0, 0.1) is 13.8 Å². The van der Waals surface area contributed by atoms with Crippen molar-refractivity contribution >= 4 is 0 Å². The summed E-state index contributed by atoms with van der Waals surface area (Å²) in [6.45, 7) is 8.52. The summed E-state index contributed by atoms with van der Waals surface area (Å²) in [5, 5.41) is 8.04. The molecule has 0 aromatic carbocycles. The molecule has 0 radical (unpaired) electrons. The number of hydrogen-bond donors (Lipinski definition) is 1. The molecule has 20 heavy (non-hydrogen) atoms. The minimum absolute atomic E-state index is 0.830. The van der Waals surface area contributed by atoms with Crippen LogP contribution in [0.1, 0.15) is 36.7 Å². The zero-order chi connectivity index (χ0) is 14.4. The van der Waals surface area contributed by atoms with Crippen molar-refractivity contribution in [3.63, 3.8) is 0 Å². The predicted molar refractivity (Wildman–Crippen MR) is 80.1 cm³/mol. The summed E-state index contributed by atoms with van der Waals surface area (Å²) in [5.41, 5.74) is 3.61. The molecule has 5 heteroatoms. The average molecular weight is 273 g/mol. The van der Waals surface area contributed by atoms with E-state index >= 15 is 0 Å². The van der Waals surface area contributed by atoms with Gasteiger partial charge in [0.1, 0.15) is 6.33 Å². The van der Waals surface area contributed by atoms with E-state index in [-0.39, 0.29) is 0 Å². The summed E-state index contributed by atoms with van der Waals surface area (Å²) in [4.78, 5) is 8.21. The van der Waals surface area contributed by atoms with Crippen molar-refractivity contribution in [2.75, 3.05) is 13.1 Å². The van der Waals surface area contributed by atoms with Crippen LogP contribution >= 0.6 is 0 Å². The van der Waals surface area contributed by atoms with E-state index in [1.54, 1.807) is 12.5 Å². The van der Waals surface area contributed by atoms with Crippen molar-refractivity contribution in [1.82, 2.24) is 25.1 Å². The number of hydrogen-bond acceptors (Lipinski definition) is 4. The Balaban J connectivity index is 2.06. The van der Waals surface area contributed by atoms with Gasteiger partial charge in [-0.1, -0.05) is 6.92 Å². The van der Waals surface area contributed by atoms with Crippen LogP contribution in [0.4, 0.5) is 0 Å². The monoisotopic (exact) mass is 273 g/mol. The van der Waals surface area contributed by atoms with E-state index in [4.69, 9.17) is 0 Å². The predicted octanol–water partition coefficient (Wildman–Crippen LogP) is 2.21. The molecule has 0 bridgehead atoms. The van der Waals surface area contributed by atoms with Crippen LogP contribution in [0.3, 0.4) is 0 Å². The number of nitrogens with zero attached hydrogens (tertiary/aromatic N) is 4. The van der Waals surface area contributed by atoms with E-state index in [2.05, 4.69) is 41.2 Å². The van der Waals surface area contributed by atoms with Gasteiger partial charge in [0.05, 0.1) is 5.69 Å². The Labute approximate surface area is 120 Å². The summed E-state index contributed by atoms with van der Waals surface area (Å²) >= 11 is 0. The topological polar surface area (TPSA) is 55.6 Å². The Morgan fingerprint density at radius 3 is 2.80 bits per heavy atom. The Kier molecular flexibility index (Phi) is 5.24. The smallest absolute Gasteiger partial charge is 0.156 e. The molecule has 2 aromatic heterocycles.